The summed E-state index contributed by atoms with van der Waals surface area (Å²) in [5.41, 5.74) is 7.26. The molecule has 4 rings (SSSR count). The van der Waals surface area contributed by atoms with Gasteiger partial charge in [0.15, 0.2) is 5.65 Å². The monoisotopic (exact) mass is 351 g/mol. The first-order valence-electron chi connectivity index (χ1n) is 8.34. The summed E-state index contributed by atoms with van der Waals surface area (Å²) in [6, 6.07) is 11.5. The van der Waals surface area contributed by atoms with Crippen molar-refractivity contribution in [2.75, 3.05) is 6.61 Å². The number of fused-ring (bicyclic) bond motifs is 1. The van der Waals surface area contributed by atoms with Crippen LogP contribution < -0.4 is 10.9 Å². The molecule has 26 heavy (non-hydrogen) atoms. The van der Waals surface area contributed by atoms with Crippen molar-refractivity contribution in [3.8, 4) is 11.3 Å². The van der Waals surface area contributed by atoms with Crippen LogP contribution in [0.2, 0.25) is 0 Å². The molecule has 1 saturated heterocycles. The maximum atomic E-state index is 12.4. The number of carbonyl (C=O) groups is 2. The number of hydrogen-bond donors (Lipinski definition) is 2. The molecule has 0 radical (unpaired) electrons. The second kappa shape index (κ2) is 6.93. The smallest absolute Gasteiger partial charge is 0.275 e. The molecule has 0 aliphatic carbocycles. The Morgan fingerprint density at radius 2 is 2.00 bits per heavy atom. The molecular weight excluding hydrogens is 334 g/mol. The Balaban J connectivity index is 1.55. The van der Waals surface area contributed by atoms with Crippen LogP contribution in [0.3, 0.4) is 0 Å². The number of nitrogens with one attached hydrogen (secondary N) is 2. The molecule has 1 unspecified atom stereocenters. The molecule has 1 aliphatic heterocycles. The first-order chi connectivity index (χ1) is 12.7. The van der Waals surface area contributed by atoms with Crippen LogP contribution in [0.25, 0.3) is 16.9 Å². The molecule has 1 aliphatic rings. The molecule has 0 bridgehead atoms. The molecule has 8 heteroatoms. The lowest BCUT2D eigenvalue weighted by atomic mass is 10.1. The number of aromatic nitrogens is 3. The van der Waals surface area contributed by atoms with Crippen molar-refractivity contribution >= 4 is 17.5 Å². The average Bonchev–Trinajstić information content (AvgIpc) is 3.36. The summed E-state index contributed by atoms with van der Waals surface area (Å²) in [6.45, 7) is 0.562. The molecule has 2 aromatic heterocycles. The fourth-order valence-electron chi connectivity index (χ4n) is 2.93. The number of benzene rings is 1. The highest BCUT2D eigenvalue weighted by Gasteiger charge is 2.24. The second-order valence-corrected chi connectivity index (χ2v) is 5.93. The predicted molar refractivity (Wildman–Crippen MR) is 93.0 cm³/mol. The second-order valence-electron chi connectivity index (χ2n) is 5.93. The Hall–Kier alpha value is -3.26. The Morgan fingerprint density at radius 3 is 2.77 bits per heavy atom. The van der Waals surface area contributed by atoms with Gasteiger partial charge in [0.1, 0.15) is 11.7 Å². The van der Waals surface area contributed by atoms with Crippen molar-refractivity contribution in [3.63, 3.8) is 0 Å². The van der Waals surface area contributed by atoms with Crippen LogP contribution in [0, 0.1) is 0 Å². The van der Waals surface area contributed by atoms with E-state index in [1.165, 1.54) is 6.20 Å². The number of ether oxygens (including phenoxy) is 1. The highest BCUT2D eigenvalue weighted by atomic mass is 16.5. The van der Waals surface area contributed by atoms with Gasteiger partial charge in [0.25, 0.3) is 11.8 Å². The third-order valence-electron chi connectivity index (χ3n) is 4.24. The molecule has 2 amide bonds. The van der Waals surface area contributed by atoms with Gasteiger partial charge in [0, 0.05) is 18.4 Å². The zero-order valence-electron chi connectivity index (χ0n) is 13.9. The van der Waals surface area contributed by atoms with Crippen molar-refractivity contribution in [2.45, 2.75) is 18.9 Å². The van der Waals surface area contributed by atoms with Gasteiger partial charge >= 0.3 is 0 Å². The molecule has 1 aromatic carbocycles. The van der Waals surface area contributed by atoms with Gasteiger partial charge in [-0.15, -0.1) is 0 Å². The number of hydrogen-bond acceptors (Lipinski definition) is 5. The fraction of sp³-hybridized carbons (Fsp3) is 0.222. The predicted octanol–water partition coefficient (Wildman–Crippen LogP) is 1.34. The van der Waals surface area contributed by atoms with Gasteiger partial charge in [0.05, 0.1) is 11.9 Å². The van der Waals surface area contributed by atoms with E-state index in [9.17, 15) is 9.59 Å². The van der Waals surface area contributed by atoms with Crippen LogP contribution in [0.1, 0.15) is 23.2 Å². The maximum absolute atomic E-state index is 12.4. The number of nitrogens with zero attached hydrogens (tertiary/aromatic N) is 3. The lowest BCUT2D eigenvalue weighted by molar-refractivity contribution is -0.130. The van der Waals surface area contributed by atoms with Crippen LogP contribution in [0.15, 0.2) is 48.8 Å². The standard InChI is InChI=1S/C18H17N5O3/c24-17(21-22-18(25)15-7-4-10-26-15)13-11-20-23-14(8-9-19-16(13)23)12-5-2-1-3-6-12/h1-3,5-6,8-9,11,15H,4,7,10H2,(H,21,24)(H,22,25). The van der Waals surface area contributed by atoms with Crippen LogP contribution >= 0.6 is 0 Å². The van der Waals surface area contributed by atoms with Crippen LogP contribution in [-0.2, 0) is 9.53 Å². The molecule has 132 valence electrons. The summed E-state index contributed by atoms with van der Waals surface area (Å²) < 4.78 is 6.88. The first kappa shape index (κ1) is 16.2. The topological polar surface area (TPSA) is 97.6 Å². The average molecular weight is 351 g/mol. The summed E-state index contributed by atoms with van der Waals surface area (Å²) >= 11 is 0. The molecule has 0 spiro atoms. The van der Waals surface area contributed by atoms with E-state index in [0.29, 0.717) is 18.7 Å². The summed E-state index contributed by atoms with van der Waals surface area (Å²) in [7, 11) is 0. The Morgan fingerprint density at radius 1 is 1.15 bits per heavy atom. The Labute approximate surface area is 149 Å². The SMILES string of the molecule is O=C(NNC(=O)C1CCCO1)c1cnn2c(-c3ccccc3)ccnc12. The lowest BCUT2D eigenvalue weighted by Crippen LogP contribution is -2.46. The zero-order chi connectivity index (χ0) is 17.9. The van der Waals surface area contributed by atoms with E-state index < -0.39 is 12.0 Å². The van der Waals surface area contributed by atoms with Crippen LogP contribution in [0.4, 0.5) is 0 Å². The molecule has 1 fully saturated rings. The number of amides is 2. The summed E-state index contributed by atoms with van der Waals surface area (Å²) in [6.07, 6.45) is 4.04. The van der Waals surface area contributed by atoms with Gasteiger partial charge in [-0.3, -0.25) is 20.4 Å². The largest absolute Gasteiger partial charge is 0.368 e. The van der Waals surface area contributed by atoms with E-state index >= 15 is 0 Å². The van der Waals surface area contributed by atoms with Gasteiger partial charge in [-0.25, -0.2) is 9.50 Å². The van der Waals surface area contributed by atoms with E-state index in [1.54, 1.807) is 10.7 Å². The van der Waals surface area contributed by atoms with Gasteiger partial charge in [-0.1, -0.05) is 30.3 Å². The van der Waals surface area contributed by atoms with Crippen LogP contribution in [-0.4, -0.2) is 39.1 Å². The van der Waals surface area contributed by atoms with E-state index in [0.717, 1.165) is 17.7 Å². The summed E-state index contributed by atoms with van der Waals surface area (Å²) in [5, 5.41) is 4.28. The zero-order valence-corrected chi connectivity index (χ0v) is 13.9. The summed E-state index contributed by atoms with van der Waals surface area (Å²) in [5.74, 6) is -0.839. The van der Waals surface area contributed by atoms with Crippen LogP contribution in [0.5, 0.6) is 0 Å². The summed E-state index contributed by atoms with van der Waals surface area (Å²) in [4.78, 5) is 28.6. The minimum atomic E-state index is -0.512. The molecule has 2 N–H and O–H groups in total. The molecule has 0 saturated carbocycles. The van der Waals surface area contributed by atoms with Gasteiger partial charge in [0.2, 0.25) is 0 Å². The normalized spacial score (nSPS) is 16.5. The highest BCUT2D eigenvalue weighted by molar-refractivity contribution is 6.00. The molecule has 8 nitrogen and oxygen atoms in total. The minimum absolute atomic E-state index is 0.274. The quantitative estimate of drug-likeness (QED) is 0.694. The molecular formula is C18H17N5O3. The molecule has 3 heterocycles. The first-order valence-corrected chi connectivity index (χ1v) is 8.34. The van der Waals surface area contributed by atoms with Gasteiger partial charge in [-0.05, 0) is 18.9 Å². The van der Waals surface area contributed by atoms with E-state index in [-0.39, 0.29) is 11.5 Å². The van der Waals surface area contributed by atoms with Crippen molar-refractivity contribution in [1.82, 2.24) is 25.4 Å². The van der Waals surface area contributed by atoms with Gasteiger partial charge in [-0.2, -0.15) is 5.10 Å². The van der Waals surface area contributed by atoms with E-state index in [2.05, 4.69) is 20.9 Å². The van der Waals surface area contributed by atoms with Gasteiger partial charge < -0.3 is 4.74 Å². The number of hydrazine groups is 1. The van der Waals surface area contributed by atoms with Crippen molar-refractivity contribution < 1.29 is 14.3 Å². The lowest BCUT2D eigenvalue weighted by Gasteiger charge is -2.10. The van der Waals surface area contributed by atoms with Crippen molar-refractivity contribution in [1.29, 1.82) is 0 Å². The van der Waals surface area contributed by atoms with E-state index in [1.807, 2.05) is 36.4 Å². The highest BCUT2D eigenvalue weighted by Crippen LogP contribution is 2.20. The maximum Gasteiger partial charge on any atom is 0.275 e. The number of rotatable bonds is 3. The third kappa shape index (κ3) is 3.02. The fourth-order valence-corrected chi connectivity index (χ4v) is 2.93. The molecule has 1 atom stereocenters. The van der Waals surface area contributed by atoms with Crippen molar-refractivity contribution in [2.24, 2.45) is 0 Å². The Bertz CT molecular complexity index is 948. The van der Waals surface area contributed by atoms with Crippen molar-refractivity contribution in [3.05, 3.63) is 54.4 Å². The minimum Gasteiger partial charge on any atom is -0.368 e. The Kier molecular flexibility index (Phi) is 4.32. The number of carbonyl (C=O) groups excluding carboxylic acids is 2. The molecule has 3 aromatic rings. The third-order valence-corrected chi connectivity index (χ3v) is 4.24. The van der Waals surface area contributed by atoms with E-state index in [4.69, 9.17) is 4.74 Å².